The van der Waals surface area contributed by atoms with Crippen molar-refractivity contribution in [2.45, 2.75) is 69.6 Å². The normalized spacial score (nSPS) is 17.8. The molecule has 1 aromatic carbocycles. The van der Waals surface area contributed by atoms with E-state index in [4.69, 9.17) is 0 Å². The summed E-state index contributed by atoms with van der Waals surface area (Å²) in [5.41, 5.74) is 1.48. The van der Waals surface area contributed by atoms with Crippen molar-refractivity contribution in [2.75, 3.05) is 12.3 Å². The summed E-state index contributed by atoms with van der Waals surface area (Å²) in [6, 6.07) is 11.6. The Morgan fingerprint density at radius 1 is 1.14 bits per heavy atom. The molecule has 0 aliphatic heterocycles. The number of rotatable bonds is 9. The smallest absolute Gasteiger partial charge is 0.0161 e. The molecule has 1 N–H and O–H groups in total. The molecule has 2 heteroatoms. The predicted molar refractivity (Wildman–Crippen MR) is 96.2 cm³/mol. The molecule has 0 spiro atoms. The average molecular weight is 306 g/mol. The van der Waals surface area contributed by atoms with Gasteiger partial charge in [-0.25, -0.2) is 0 Å². The fourth-order valence-corrected chi connectivity index (χ4v) is 4.52. The molecule has 0 bridgehead atoms. The summed E-state index contributed by atoms with van der Waals surface area (Å²) in [7, 11) is 0. The molecule has 2 rings (SSSR count). The lowest BCUT2D eigenvalue weighted by atomic mass is 10.0. The van der Waals surface area contributed by atoms with E-state index >= 15 is 0 Å². The first-order valence-corrected chi connectivity index (χ1v) is 9.82. The summed E-state index contributed by atoms with van der Waals surface area (Å²) in [6.45, 7) is 3.42. The first-order valence-electron chi connectivity index (χ1n) is 8.77. The second-order valence-electron chi connectivity index (χ2n) is 6.27. The molecule has 0 heterocycles. The number of hydrogen-bond acceptors (Lipinski definition) is 2. The summed E-state index contributed by atoms with van der Waals surface area (Å²) in [6.07, 6.45) is 11.0. The van der Waals surface area contributed by atoms with Gasteiger partial charge in [-0.3, -0.25) is 0 Å². The van der Waals surface area contributed by atoms with Gasteiger partial charge in [0, 0.05) is 17.0 Å². The van der Waals surface area contributed by atoms with Crippen LogP contribution in [0.5, 0.6) is 0 Å². The Hall–Kier alpha value is -0.470. The van der Waals surface area contributed by atoms with Crippen LogP contribution in [0.4, 0.5) is 0 Å². The van der Waals surface area contributed by atoms with Crippen molar-refractivity contribution in [1.29, 1.82) is 0 Å². The third-order valence-corrected chi connectivity index (χ3v) is 5.93. The van der Waals surface area contributed by atoms with E-state index in [1.807, 2.05) is 0 Å². The van der Waals surface area contributed by atoms with E-state index in [2.05, 4.69) is 54.3 Å². The van der Waals surface area contributed by atoms with Gasteiger partial charge in [-0.1, -0.05) is 56.5 Å². The van der Waals surface area contributed by atoms with E-state index in [-0.39, 0.29) is 0 Å². The molecule has 0 aromatic heterocycles. The summed E-state index contributed by atoms with van der Waals surface area (Å²) >= 11 is 2.23. The highest BCUT2D eigenvalue weighted by Crippen LogP contribution is 2.29. The fourth-order valence-electron chi connectivity index (χ4n) is 3.06. The van der Waals surface area contributed by atoms with Gasteiger partial charge in [0.05, 0.1) is 0 Å². The minimum Gasteiger partial charge on any atom is -0.313 e. The van der Waals surface area contributed by atoms with Crippen molar-refractivity contribution in [1.82, 2.24) is 5.32 Å². The van der Waals surface area contributed by atoms with E-state index in [0.29, 0.717) is 6.04 Å². The minimum atomic E-state index is 0.678. The molecule has 0 saturated heterocycles. The molecule has 1 aliphatic carbocycles. The van der Waals surface area contributed by atoms with E-state index in [0.717, 1.165) is 11.8 Å². The van der Waals surface area contributed by atoms with E-state index in [1.54, 1.807) is 0 Å². The van der Waals surface area contributed by atoms with Crippen LogP contribution in [0.15, 0.2) is 30.3 Å². The van der Waals surface area contributed by atoms with Crippen LogP contribution in [-0.4, -0.2) is 23.6 Å². The van der Waals surface area contributed by atoms with Gasteiger partial charge in [-0.2, -0.15) is 11.8 Å². The summed E-state index contributed by atoms with van der Waals surface area (Å²) in [4.78, 5) is 0. The van der Waals surface area contributed by atoms with Gasteiger partial charge < -0.3 is 5.32 Å². The van der Waals surface area contributed by atoms with Gasteiger partial charge in [0.2, 0.25) is 0 Å². The summed E-state index contributed by atoms with van der Waals surface area (Å²) < 4.78 is 0. The lowest BCUT2D eigenvalue weighted by Crippen LogP contribution is -2.33. The monoisotopic (exact) mass is 305 g/mol. The Bertz CT molecular complexity index is 359. The van der Waals surface area contributed by atoms with Gasteiger partial charge in [0.25, 0.3) is 0 Å². The zero-order valence-electron chi connectivity index (χ0n) is 13.5. The third-order valence-electron chi connectivity index (χ3n) is 4.39. The van der Waals surface area contributed by atoms with Crippen LogP contribution in [0, 0.1) is 0 Å². The summed E-state index contributed by atoms with van der Waals surface area (Å²) in [5, 5.41) is 4.69. The van der Waals surface area contributed by atoms with E-state index in [9.17, 15) is 0 Å². The van der Waals surface area contributed by atoms with Gasteiger partial charge in [0.1, 0.15) is 0 Å². The zero-order chi connectivity index (χ0) is 14.8. The fraction of sp³-hybridized carbons (Fsp3) is 0.684. The van der Waals surface area contributed by atoms with Crippen molar-refractivity contribution >= 4 is 11.8 Å². The molecule has 1 unspecified atom stereocenters. The van der Waals surface area contributed by atoms with Crippen molar-refractivity contribution in [2.24, 2.45) is 0 Å². The second kappa shape index (κ2) is 10.3. The standard InChI is InChI=1S/C19H31NS/c1-2-15-20-18(14-13-17-9-5-3-6-10-17)16-21-19-11-7-4-8-12-19/h3,5-6,9-10,18-20H,2,4,7-8,11-16H2,1H3. The maximum Gasteiger partial charge on any atom is 0.0161 e. The van der Waals surface area contributed by atoms with E-state index < -0.39 is 0 Å². The Kier molecular flexibility index (Phi) is 8.28. The molecule has 1 aliphatic rings. The van der Waals surface area contributed by atoms with Crippen LogP contribution in [0.25, 0.3) is 0 Å². The molecule has 118 valence electrons. The van der Waals surface area contributed by atoms with Gasteiger partial charge >= 0.3 is 0 Å². The highest BCUT2D eigenvalue weighted by atomic mass is 32.2. The highest BCUT2D eigenvalue weighted by molar-refractivity contribution is 7.99. The van der Waals surface area contributed by atoms with Crippen LogP contribution >= 0.6 is 11.8 Å². The predicted octanol–water partition coefficient (Wildman–Crippen LogP) is 5.05. The maximum absolute atomic E-state index is 3.76. The quantitative estimate of drug-likeness (QED) is 0.685. The highest BCUT2D eigenvalue weighted by Gasteiger charge is 2.16. The van der Waals surface area contributed by atoms with Crippen LogP contribution < -0.4 is 5.32 Å². The third kappa shape index (κ3) is 6.88. The molecule has 1 nitrogen and oxygen atoms in total. The van der Waals surface area contributed by atoms with Crippen molar-refractivity contribution in [3.63, 3.8) is 0 Å². The molecular formula is C19H31NS. The second-order valence-corrected chi connectivity index (χ2v) is 7.60. The van der Waals surface area contributed by atoms with E-state index in [1.165, 1.54) is 62.7 Å². The van der Waals surface area contributed by atoms with Crippen molar-refractivity contribution < 1.29 is 0 Å². The lowest BCUT2D eigenvalue weighted by Gasteiger charge is -2.24. The SMILES string of the molecule is CCCNC(CCc1ccccc1)CSC1CCCCC1. The zero-order valence-corrected chi connectivity index (χ0v) is 14.3. The molecule has 1 atom stereocenters. The first-order chi connectivity index (χ1) is 10.4. The maximum atomic E-state index is 3.76. The number of thioether (sulfide) groups is 1. The molecule has 1 fully saturated rings. The molecular weight excluding hydrogens is 274 g/mol. The number of nitrogens with one attached hydrogen (secondary N) is 1. The Balaban J connectivity index is 1.73. The Morgan fingerprint density at radius 2 is 1.90 bits per heavy atom. The van der Waals surface area contributed by atoms with Crippen LogP contribution in [0.2, 0.25) is 0 Å². The number of aryl methyl sites for hydroxylation is 1. The number of hydrogen-bond donors (Lipinski definition) is 1. The molecule has 21 heavy (non-hydrogen) atoms. The summed E-state index contributed by atoms with van der Waals surface area (Å²) in [5.74, 6) is 1.29. The first kappa shape index (κ1) is 16.9. The lowest BCUT2D eigenvalue weighted by molar-refractivity contribution is 0.504. The van der Waals surface area contributed by atoms with Gasteiger partial charge in [-0.15, -0.1) is 0 Å². The Labute approximate surface area is 135 Å². The number of benzene rings is 1. The van der Waals surface area contributed by atoms with Crippen molar-refractivity contribution in [3.05, 3.63) is 35.9 Å². The Morgan fingerprint density at radius 3 is 2.62 bits per heavy atom. The molecule has 0 amide bonds. The van der Waals surface area contributed by atoms with Gasteiger partial charge in [0.15, 0.2) is 0 Å². The van der Waals surface area contributed by atoms with Crippen LogP contribution in [0.1, 0.15) is 57.4 Å². The largest absolute Gasteiger partial charge is 0.313 e. The minimum absolute atomic E-state index is 0.678. The average Bonchev–Trinajstić information content (AvgIpc) is 2.56. The van der Waals surface area contributed by atoms with Crippen LogP contribution in [-0.2, 0) is 6.42 Å². The van der Waals surface area contributed by atoms with Crippen LogP contribution in [0.3, 0.4) is 0 Å². The van der Waals surface area contributed by atoms with Gasteiger partial charge in [-0.05, 0) is 44.2 Å². The van der Waals surface area contributed by atoms with Crippen molar-refractivity contribution in [3.8, 4) is 0 Å². The molecule has 1 aromatic rings. The molecule has 0 radical (unpaired) electrons. The topological polar surface area (TPSA) is 12.0 Å². The molecule has 1 saturated carbocycles.